The summed E-state index contributed by atoms with van der Waals surface area (Å²) >= 11 is 0. The maximum Gasteiger partial charge on any atom is 0.338 e. The lowest BCUT2D eigenvalue weighted by molar-refractivity contribution is 0.0302. The number of hydrogen-bond donors (Lipinski definition) is 1. The Hall–Kier alpha value is -2.91. The number of ether oxygens (including phenoxy) is 2. The number of nitrogens with one attached hydrogen (secondary N) is 1. The lowest BCUT2D eigenvalue weighted by Gasteiger charge is -2.27. The minimum Gasteiger partial charge on any atom is -0.462 e. The van der Waals surface area contributed by atoms with E-state index in [2.05, 4.69) is 4.72 Å². The van der Waals surface area contributed by atoms with Gasteiger partial charge in [0.15, 0.2) is 0 Å². The normalized spacial score (nSPS) is 14.3. The van der Waals surface area contributed by atoms with Crippen LogP contribution in [0.5, 0.6) is 0 Å². The summed E-state index contributed by atoms with van der Waals surface area (Å²) in [5, 5.41) is 0. The number of nitrogens with zero attached hydrogens (tertiary/aromatic N) is 1. The first kappa shape index (κ1) is 21.8. The lowest BCUT2D eigenvalue weighted by atomic mass is 10.1. The molecule has 160 valence electrons. The van der Waals surface area contributed by atoms with Crippen molar-refractivity contribution in [2.75, 3.05) is 37.6 Å². The number of sulfonamides is 1. The molecule has 0 saturated carbocycles. The average Bonchev–Trinajstić information content (AvgIpc) is 2.74. The molecule has 2 aromatic carbocycles. The molecule has 1 saturated heterocycles. The zero-order valence-corrected chi connectivity index (χ0v) is 17.7. The molecule has 1 amide bonds. The standard InChI is InChI=1S/C21H24N2O6S/c1-3-29-21(25)16-5-7-17(8-6-16)22-30(26,27)18-9-4-15(2)19(14-18)20(24)23-10-12-28-13-11-23/h4-9,14,22H,3,10-13H2,1-2H3. The van der Waals surface area contributed by atoms with Crippen LogP contribution in [0.3, 0.4) is 0 Å². The van der Waals surface area contributed by atoms with Crippen molar-refractivity contribution in [2.24, 2.45) is 0 Å². The molecule has 0 radical (unpaired) electrons. The van der Waals surface area contributed by atoms with E-state index in [0.717, 1.165) is 0 Å². The van der Waals surface area contributed by atoms with Gasteiger partial charge in [0.25, 0.3) is 15.9 Å². The highest BCUT2D eigenvalue weighted by atomic mass is 32.2. The Morgan fingerprint density at radius 1 is 1.10 bits per heavy atom. The Morgan fingerprint density at radius 2 is 1.77 bits per heavy atom. The molecular formula is C21H24N2O6S. The predicted molar refractivity (Wildman–Crippen MR) is 111 cm³/mol. The van der Waals surface area contributed by atoms with E-state index in [-0.39, 0.29) is 17.4 Å². The van der Waals surface area contributed by atoms with E-state index in [0.29, 0.717) is 48.7 Å². The fourth-order valence-electron chi connectivity index (χ4n) is 3.04. The second-order valence-corrected chi connectivity index (χ2v) is 8.47. The third kappa shape index (κ3) is 4.98. The summed E-state index contributed by atoms with van der Waals surface area (Å²) < 4.78 is 38.3. The van der Waals surface area contributed by atoms with Crippen LogP contribution in [0.2, 0.25) is 0 Å². The summed E-state index contributed by atoms with van der Waals surface area (Å²) in [6.45, 7) is 5.61. The number of benzene rings is 2. The molecule has 1 N–H and O–H groups in total. The van der Waals surface area contributed by atoms with Gasteiger partial charge in [0, 0.05) is 24.3 Å². The van der Waals surface area contributed by atoms with E-state index in [1.54, 1.807) is 24.8 Å². The van der Waals surface area contributed by atoms with Gasteiger partial charge in [0.05, 0.1) is 30.3 Å². The molecule has 0 unspecified atom stereocenters. The maximum atomic E-state index is 12.8. The average molecular weight is 432 g/mol. The van der Waals surface area contributed by atoms with E-state index in [1.807, 2.05) is 0 Å². The highest BCUT2D eigenvalue weighted by molar-refractivity contribution is 7.92. The molecule has 0 atom stereocenters. The fraction of sp³-hybridized carbons (Fsp3) is 0.333. The summed E-state index contributed by atoms with van der Waals surface area (Å²) in [6, 6.07) is 10.4. The van der Waals surface area contributed by atoms with Gasteiger partial charge in [-0.15, -0.1) is 0 Å². The van der Waals surface area contributed by atoms with E-state index >= 15 is 0 Å². The quantitative estimate of drug-likeness (QED) is 0.704. The van der Waals surface area contributed by atoms with Crippen LogP contribution < -0.4 is 4.72 Å². The molecule has 1 aliphatic heterocycles. The van der Waals surface area contributed by atoms with Crippen molar-refractivity contribution in [2.45, 2.75) is 18.7 Å². The van der Waals surface area contributed by atoms with Gasteiger partial charge in [0.2, 0.25) is 0 Å². The Labute approximate surface area is 175 Å². The molecule has 1 aliphatic rings. The third-order valence-corrected chi connectivity index (χ3v) is 6.08. The number of hydrogen-bond acceptors (Lipinski definition) is 6. The van der Waals surface area contributed by atoms with Crippen molar-refractivity contribution in [3.63, 3.8) is 0 Å². The van der Waals surface area contributed by atoms with Crippen molar-refractivity contribution in [3.8, 4) is 0 Å². The smallest absolute Gasteiger partial charge is 0.338 e. The van der Waals surface area contributed by atoms with Crippen LogP contribution in [0.1, 0.15) is 33.2 Å². The van der Waals surface area contributed by atoms with Crippen LogP contribution in [-0.4, -0.2) is 58.1 Å². The molecule has 1 heterocycles. The number of rotatable bonds is 6. The van der Waals surface area contributed by atoms with Crippen LogP contribution in [0, 0.1) is 6.92 Å². The van der Waals surface area contributed by atoms with E-state index in [4.69, 9.17) is 9.47 Å². The zero-order chi connectivity index (χ0) is 21.7. The first-order chi connectivity index (χ1) is 14.3. The highest BCUT2D eigenvalue weighted by Crippen LogP contribution is 2.21. The van der Waals surface area contributed by atoms with E-state index < -0.39 is 16.0 Å². The topological polar surface area (TPSA) is 102 Å². The second-order valence-electron chi connectivity index (χ2n) is 6.78. The summed E-state index contributed by atoms with van der Waals surface area (Å²) in [7, 11) is -3.92. The predicted octanol–water partition coefficient (Wildman–Crippen LogP) is 2.44. The van der Waals surface area contributed by atoms with Gasteiger partial charge in [0.1, 0.15) is 0 Å². The van der Waals surface area contributed by atoms with Gasteiger partial charge >= 0.3 is 5.97 Å². The largest absolute Gasteiger partial charge is 0.462 e. The van der Waals surface area contributed by atoms with Crippen LogP contribution in [0.4, 0.5) is 5.69 Å². The van der Waals surface area contributed by atoms with Crippen molar-refractivity contribution in [1.29, 1.82) is 0 Å². The van der Waals surface area contributed by atoms with Crippen LogP contribution in [0.15, 0.2) is 47.4 Å². The molecule has 0 aromatic heterocycles. The zero-order valence-electron chi connectivity index (χ0n) is 16.9. The summed E-state index contributed by atoms with van der Waals surface area (Å²) in [5.41, 5.74) is 1.67. The van der Waals surface area contributed by atoms with Crippen molar-refractivity contribution >= 4 is 27.6 Å². The molecule has 2 aromatic rings. The molecule has 0 spiro atoms. The molecule has 30 heavy (non-hydrogen) atoms. The molecule has 0 bridgehead atoms. The molecular weight excluding hydrogens is 408 g/mol. The summed E-state index contributed by atoms with van der Waals surface area (Å²) in [6.07, 6.45) is 0. The van der Waals surface area contributed by atoms with E-state index in [1.165, 1.54) is 36.4 Å². The first-order valence-electron chi connectivity index (χ1n) is 9.59. The Morgan fingerprint density at radius 3 is 2.40 bits per heavy atom. The van der Waals surface area contributed by atoms with E-state index in [9.17, 15) is 18.0 Å². The molecule has 3 rings (SSSR count). The number of aryl methyl sites for hydroxylation is 1. The monoisotopic (exact) mass is 432 g/mol. The van der Waals surface area contributed by atoms with Crippen LogP contribution in [-0.2, 0) is 19.5 Å². The second kappa shape index (κ2) is 9.27. The number of morpholine rings is 1. The Bertz CT molecular complexity index is 1030. The molecule has 9 heteroatoms. The van der Waals surface area contributed by atoms with Crippen molar-refractivity contribution < 1.29 is 27.5 Å². The number of esters is 1. The summed E-state index contributed by atoms with van der Waals surface area (Å²) in [4.78, 5) is 26.2. The molecule has 8 nitrogen and oxygen atoms in total. The van der Waals surface area contributed by atoms with Crippen LogP contribution in [0.25, 0.3) is 0 Å². The SMILES string of the molecule is CCOC(=O)c1ccc(NS(=O)(=O)c2ccc(C)c(C(=O)N3CCOCC3)c2)cc1. The van der Waals surface area contributed by atoms with Crippen molar-refractivity contribution in [1.82, 2.24) is 4.90 Å². The number of carbonyl (C=O) groups is 2. The van der Waals surface area contributed by atoms with Gasteiger partial charge in [-0.2, -0.15) is 0 Å². The van der Waals surface area contributed by atoms with Gasteiger partial charge in [-0.1, -0.05) is 6.07 Å². The Balaban J connectivity index is 1.80. The van der Waals surface area contributed by atoms with Gasteiger partial charge < -0.3 is 14.4 Å². The first-order valence-corrected chi connectivity index (χ1v) is 11.1. The third-order valence-electron chi connectivity index (χ3n) is 4.70. The number of amides is 1. The minimum absolute atomic E-state index is 0.0146. The maximum absolute atomic E-state index is 12.8. The Kier molecular flexibility index (Phi) is 6.73. The fourth-order valence-corrected chi connectivity index (χ4v) is 4.12. The van der Waals surface area contributed by atoms with Gasteiger partial charge in [-0.3, -0.25) is 9.52 Å². The number of carbonyl (C=O) groups excluding carboxylic acids is 2. The molecule has 0 aliphatic carbocycles. The summed E-state index contributed by atoms with van der Waals surface area (Å²) in [5.74, 6) is -0.691. The highest BCUT2D eigenvalue weighted by Gasteiger charge is 2.23. The van der Waals surface area contributed by atoms with Gasteiger partial charge in [-0.05, 0) is 55.8 Å². The van der Waals surface area contributed by atoms with Gasteiger partial charge in [-0.25, -0.2) is 13.2 Å². The molecule has 1 fully saturated rings. The minimum atomic E-state index is -3.92. The van der Waals surface area contributed by atoms with Crippen LogP contribution >= 0.6 is 0 Å². The number of anilines is 1. The lowest BCUT2D eigenvalue weighted by Crippen LogP contribution is -2.41. The van der Waals surface area contributed by atoms with Crippen molar-refractivity contribution in [3.05, 3.63) is 59.2 Å².